The molecule has 2 aromatic rings. The third-order valence-corrected chi connectivity index (χ3v) is 3.19. The highest BCUT2D eigenvalue weighted by molar-refractivity contribution is 7.80. The van der Waals surface area contributed by atoms with Gasteiger partial charge in [0.15, 0.2) is 0 Å². The monoisotopic (exact) mass is 291 g/mol. The number of aromatic nitrogens is 1. The van der Waals surface area contributed by atoms with Crippen LogP contribution in [0.15, 0.2) is 36.4 Å². The van der Waals surface area contributed by atoms with E-state index in [1.807, 2.05) is 37.3 Å². The van der Waals surface area contributed by atoms with Gasteiger partial charge in [0.2, 0.25) is 0 Å². The smallest absolute Gasteiger partial charge is 0.107 e. The van der Waals surface area contributed by atoms with E-state index in [0.29, 0.717) is 17.1 Å². The first kappa shape index (κ1) is 13.8. The molecule has 0 aliphatic carbocycles. The van der Waals surface area contributed by atoms with Crippen molar-refractivity contribution < 1.29 is 0 Å². The van der Waals surface area contributed by atoms with Crippen LogP contribution in [0.25, 0.3) is 0 Å². The number of nitrogens with one attached hydrogen (secondary N) is 1. The highest BCUT2D eigenvalue weighted by atomic mass is 35.5. The number of halogens is 1. The van der Waals surface area contributed by atoms with Gasteiger partial charge in [-0.25, -0.2) is 0 Å². The molecule has 0 unspecified atom stereocenters. The zero-order chi connectivity index (χ0) is 13.8. The van der Waals surface area contributed by atoms with Gasteiger partial charge in [-0.15, -0.1) is 0 Å². The molecule has 0 aliphatic heterocycles. The highest BCUT2D eigenvalue weighted by Gasteiger charge is 2.09. The Morgan fingerprint density at radius 1 is 1.32 bits per heavy atom. The van der Waals surface area contributed by atoms with Gasteiger partial charge < -0.3 is 11.1 Å². The van der Waals surface area contributed by atoms with Crippen molar-refractivity contribution in [1.29, 1.82) is 0 Å². The lowest BCUT2D eigenvalue weighted by Gasteiger charge is -2.12. The lowest BCUT2D eigenvalue weighted by molar-refractivity contribution is 1.01. The fraction of sp³-hybridized carbons (Fsp3) is 0.143. The predicted octanol–water partition coefficient (Wildman–Crippen LogP) is 3.29. The van der Waals surface area contributed by atoms with E-state index in [4.69, 9.17) is 29.6 Å². The van der Waals surface area contributed by atoms with Crippen molar-refractivity contribution in [3.8, 4) is 0 Å². The van der Waals surface area contributed by atoms with Crippen molar-refractivity contribution in [2.24, 2.45) is 5.73 Å². The zero-order valence-corrected chi connectivity index (χ0v) is 12.1. The standard InChI is InChI=1S/C14H14ClN3S/c1-9-4-2-5-10(18-9)8-17-12-7-3-6-11(15)13(12)14(16)19/h2-7,17H,8H2,1H3,(H2,16,19). The number of thiocarbonyl (C=S) groups is 1. The lowest BCUT2D eigenvalue weighted by Crippen LogP contribution is -2.14. The number of pyridine rings is 1. The SMILES string of the molecule is Cc1cccc(CNc2cccc(Cl)c2C(N)=S)n1. The molecule has 0 saturated carbocycles. The molecule has 1 aromatic heterocycles. The first-order valence-corrected chi connectivity index (χ1v) is 6.61. The van der Waals surface area contributed by atoms with E-state index in [1.165, 1.54) is 0 Å². The van der Waals surface area contributed by atoms with Crippen LogP contribution in [0.3, 0.4) is 0 Å². The summed E-state index contributed by atoms with van der Waals surface area (Å²) in [6.07, 6.45) is 0. The van der Waals surface area contributed by atoms with Gasteiger partial charge in [0, 0.05) is 11.4 Å². The van der Waals surface area contributed by atoms with E-state index in [2.05, 4.69) is 10.3 Å². The van der Waals surface area contributed by atoms with Crippen molar-refractivity contribution in [3.63, 3.8) is 0 Å². The molecule has 3 N–H and O–H groups in total. The second-order valence-corrected chi connectivity index (χ2v) is 5.00. The summed E-state index contributed by atoms with van der Waals surface area (Å²) in [7, 11) is 0. The minimum absolute atomic E-state index is 0.283. The molecule has 2 rings (SSSR count). The summed E-state index contributed by atoms with van der Waals surface area (Å²) in [5.41, 5.74) is 9.13. The molecule has 3 nitrogen and oxygen atoms in total. The molecular weight excluding hydrogens is 278 g/mol. The summed E-state index contributed by atoms with van der Waals surface area (Å²) in [6, 6.07) is 11.4. The summed E-state index contributed by atoms with van der Waals surface area (Å²) in [5.74, 6) is 0. The molecular formula is C14H14ClN3S. The fourth-order valence-corrected chi connectivity index (χ4v) is 2.36. The van der Waals surface area contributed by atoms with E-state index >= 15 is 0 Å². The van der Waals surface area contributed by atoms with E-state index in [1.54, 1.807) is 6.07 Å². The van der Waals surface area contributed by atoms with Gasteiger partial charge in [-0.1, -0.05) is 36.0 Å². The number of nitrogens with two attached hydrogens (primary N) is 1. The molecule has 0 fully saturated rings. The molecule has 1 aromatic carbocycles. The van der Waals surface area contributed by atoms with Crippen molar-refractivity contribution in [2.45, 2.75) is 13.5 Å². The number of hydrogen-bond acceptors (Lipinski definition) is 3. The van der Waals surface area contributed by atoms with Gasteiger partial charge in [0.1, 0.15) is 4.99 Å². The van der Waals surface area contributed by atoms with Crippen LogP contribution in [0.4, 0.5) is 5.69 Å². The Balaban J connectivity index is 2.20. The largest absolute Gasteiger partial charge is 0.389 e. The lowest BCUT2D eigenvalue weighted by atomic mass is 10.1. The van der Waals surface area contributed by atoms with Crippen LogP contribution in [-0.2, 0) is 6.54 Å². The molecule has 5 heteroatoms. The normalized spacial score (nSPS) is 10.2. The van der Waals surface area contributed by atoms with Crippen molar-refractivity contribution in [2.75, 3.05) is 5.32 Å². The van der Waals surface area contributed by atoms with E-state index in [-0.39, 0.29) is 4.99 Å². The molecule has 98 valence electrons. The number of benzene rings is 1. The van der Waals surface area contributed by atoms with Crippen LogP contribution < -0.4 is 11.1 Å². The van der Waals surface area contributed by atoms with Gasteiger partial charge in [-0.05, 0) is 31.2 Å². The summed E-state index contributed by atoms with van der Waals surface area (Å²) >= 11 is 11.1. The van der Waals surface area contributed by atoms with Crippen LogP contribution in [0.5, 0.6) is 0 Å². The molecule has 19 heavy (non-hydrogen) atoms. The van der Waals surface area contributed by atoms with Crippen molar-refractivity contribution in [3.05, 3.63) is 58.4 Å². The van der Waals surface area contributed by atoms with Gasteiger partial charge >= 0.3 is 0 Å². The highest BCUT2D eigenvalue weighted by Crippen LogP contribution is 2.24. The second kappa shape index (κ2) is 5.99. The van der Waals surface area contributed by atoms with Crippen LogP contribution >= 0.6 is 23.8 Å². The van der Waals surface area contributed by atoms with Gasteiger partial charge in [0.05, 0.1) is 22.8 Å². The van der Waals surface area contributed by atoms with Gasteiger partial charge in [-0.2, -0.15) is 0 Å². The number of hydrogen-bond donors (Lipinski definition) is 2. The first-order valence-electron chi connectivity index (χ1n) is 5.82. The Morgan fingerprint density at radius 2 is 2.05 bits per heavy atom. The Morgan fingerprint density at radius 3 is 2.74 bits per heavy atom. The number of nitrogens with zero attached hydrogens (tertiary/aromatic N) is 1. The molecule has 0 saturated heterocycles. The summed E-state index contributed by atoms with van der Waals surface area (Å²) < 4.78 is 0. The fourth-order valence-electron chi connectivity index (χ4n) is 1.81. The number of rotatable bonds is 4. The van der Waals surface area contributed by atoms with Crippen molar-refractivity contribution in [1.82, 2.24) is 4.98 Å². The topological polar surface area (TPSA) is 50.9 Å². The molecule has 0 amide bonds. The third-order valence-electron chi connectivity index (χ3n) is 2.67. The second-order valence-electron chi connectivity index (χ2n) is 4.15. The summed E-state index contributed by atoms with van der Waals surface area (Å²) in [5, 5.41) is 3.82. The maximum atomic E-state index is 6.11. The molecule has 0 radical (unpaired) electrons. The summed E-state index contributed by atoms with van der Waals surface area (Å²) in [4.78, 5) is 4.71. The van der Waals surface area contributed by atoms with E-state index in [0.717, 1.165) is 17.1 Å². The van der Waals surface area contributed by atoms with Gasteiger partial charge in [-0.3, -0.25) is 4.98 Å². The number of aryl methyl sites for hydroxylation is 1. The van der Waals surface area contributed by atoms with Crippen LogP contribution in [0.2, 0.25) is 5.02 Å². The minimum Gasteiger partial charge on any atom is -0.389 e. The Labute approximate surface area is 122 Å². The molecule has 1 heterocycles. The van der Waals surface area contributed by atoms with Crippen LogP contribution in [-0.4, -0.2) is 9.97 Å². The van der Waals surface area contributed by atoms with Crippen molar-refractivity contribution >= 4 is 34.5 Å². The maximum Gasteiger partial charge on any atom is 0.107 e. The first-order chi connectivity index (χ1) is 9.08. The Bertz CT molecular complexity index is 613. The molecule has 0 atom stereocenters. The van der Waals surface area contributed by atoms with E-state index < -0.39 is 0 Å². The Hall–Kier alpha value is -1.65. The Kier molecular flexibility index (Phi) is 4.35. The average Bonchev–Trinajstić information content (AvgIpc) is 2.36. The van der Waals surface area contributed by atoms with Gasteiger partial charge in [0.25, 0.3) is 0 Å². The predicted molar refractivity (Wildman–Crippen MR) is 83.6 cm³/mol. The zero-order valence-electron chi connectivity index (χ0n) is 10.5. The quantitative estimate of drug-likeness (QED) is 0.849. The minimum atomic E-state index is 0.283. The van der Waals surface area contributed by atoms with E-state index in [9.17, 15) is 0 Å². The molecule has 0 spiro atoms. The number of anilines is 1. The molecule has 0 bridgehead atoms. The molecule has 0 aliphatic rings. The third kappa shape index (κ3) is 3.43. The average molecular weight is 292 g/mol. The van der Waals surface area contributed by atoms with Crippen LogP contribution in [0, 0.1) is 6.92 Å². The maximum absolute atomic E-state index is 6.11. The summed E-state index contributed by atoms with van der Waals surface area (Å²) in [6.45, 7) is 2.56. The van der Waals surface area contributed by atoms with Crippen LogP contribution in [0.1, 0.15) is 17.0 Å².